The maximum atomic E-state index is 12.9. The third-order valence-electron chi connectivity index (χ3n) is 1.82. The molecular weight excluding hydrogens is 259 g/mol. The largest absolute Gasteiger partial charge is 0.407 e. The lowest BCUT2D eigenvalue weighted by Gasteiger charge is -2.02. The first-order chi connectivity index (χ1) is 8.10. The molecule has 1 heterocycles. The number of nitrogens with one attached hydrogen (secondary N) is 1. The summed E-state index contributed by atoms with van der Waals surface area (Å²) in [6.07, 6.45) is 0. The Balaban J connectivity index is 2.24. The molecular formula is C9H5ClF3N3O. The van der Waals surface area contributed by atoms with E-state index in [9.17, 15) is 13.2 Å². The summed E-state index contributed by atoms with van der Waals surface area (Å²) in [6.45, 7) is 0. The number of alkyl halides is 1. The van der Waals surface area contributed by atoms with Gasteiger partial charge in [-0.1, -0.05) is 5.10 Å². The number of hydrogen-bond acceptors (Lipinski definition) is 4. The van der Waals surface area contributed by atoms with Gasteiger partial charge in [-0.05, 0) is 0 Å². The zero-order valence-corrected chi connectivity index (χ0v) is 8.93. The zero-order chi connectivity index (χ0) is 12.4. The van der Waals surface area contributed by atoms with Crippen LogP contribution < -0.4 is 5.32 Å². The minimum Gasteiger partial charge on any atom is -0.407 e. The van der Waals surface area contributed by atoms with Crippen LogP contribution in [0.3, 0.4) is 0 Å². The molecule has 90 valence electrons. The summed E-state index contributed by atoms with van der Waals surface area (Å²) >= 11 is 5.42. The maximum Gasteiger partial charge on any atom is 0.320 e. The van der Waals surface area contributed by atoms with Gasteiger partial charge in [-0.15, -0.1) is 16.7 Å². The summed E-state index contributed by atoms with van der Waals surface area (Å²) < 4.78 is 43.3. The molecule has 1 aromatic carbocycles. The molecule has 0 aliphatic carbocycles. The van der Waals surface area contributed by atoms with Gasteiger partial charge in [0.15, 0.2) is 17.5 Å². The minimum atomic E-state index is -1.54. The van der Waals surface area contributed by atoms with Gasteiger partial charge in [0, 0.05) is 17.8 Å². The summed E-state index contributed by atoms with van der Waals surface area (Å²) in [5, 5.41) is 9.46. The molecule has 1 N–H and O–H groups in total. The van der Waals surface area contributed by atoms with Crippen LogP contribution in [-0.4, -0.2) is 10.2 Å². The highest BCUT2D eigenvalue weighted by Gasteiger charge is 2.12. The van der Waals surface area contributed by atoms with Gasteiger partial charge in [-0.3, -0.25) is 0 Å². The van der Waals surface area contributed by atoms with E-state index in [0.29, 0.717) is 0 Å². The van der Waals surface area contributed by atoms with Gasteiger partial charge in [0.1, 0.15) is 5.88 Å². The number of benzene rings is 1. The van der Waals surface area contributed by atoms with Crippen molar-refractivity contribution in [1.82, 2.24) is 10.2 Å². The van der Waals surface area contributed by atoms with E-state index >= 15 is 0 Å². The predicted octanol–water partition coefficient (Wildman–Crippen LogP) is 2.97. The SMILES string of the molecule is Fc1cc(Nc2nnc(CCl)o2)cc(F)c1F. The number of aromatic nitrogens is 2. The van der Waals surface area contributed by atoms with E-state index in [2.05, 4.69) is 15.5 Å². The summed E-state index contributed by atoms with van der Waals surface area (Å²) in [4.78, 5) is 0. The standard InChI is InChI=1S/C9H5ClF3N3O/c10-3-7-15-16-9(17-7)14-4-1-5(11)8(13)6(12)2-4/h1-2H,3H2,(H,14,16). The molecule has 0 aliphatic heterocycles. The molecule has 0 unspecified atom stereocenters. The van der Waals surface area contributed by atoms with Crippen LogP contribution in [0.4, 0.5) is 24.9 Å². The van der Waals surface area contributed by atoms with Crippen LogP contribution in [0.2, 0.25) is 0 Å². The normalized spacial score (nSPS) is 10.6. The second-order valence-electron chi connectivity index (χ2n) is 3.01. The number of halogens is 4. The molecule has 0 spiro atoms. The third-order valence-corrected chi connectivity index (χ3v) is 2.04. The summed E-state index contributed by atoms with van der Waals surface area (Å²) in [6, 6.07) is 1.44. The molecule has 0 atom stereocenters. The van der Waals surface area contributed by atoms with E-state index in [1.807, 2.05) is 0 Å². The van der Waals surface area contributed by atoms with Crippen molar-refractivity contribution in [3.63, 3.8) is 0 Å². The fourth-order valence-corrected chi connectivity index (χ4v) is 1.22. The van der Waals surface area contributed by atoms with Crippen molar-refractivity contribution in [3.05, 3.63) is 35.5 Å². The Labute approximate surface area is 98.4 Å². The van der Waals surface area contributed by atoms with Crippen LogP contribution in [0.5, 0.6) is 0 Å². The molecule has 8 heteroatoms. The van der Waals surface area contributed by atoms with E-state index in [-0.39, 0.29) is 23.5 Å². The molecule has 2 rings (SSSR count). The topological polar surface area (TPSA) is 51.0 Å². The molecule has 0 saturated carbocycles. The first-order valence-corrected chi connectivity index (χ1v) is 4.93. The fourth-order valence-electron chi connectivity index (χ4n) is 1.11. The molecule has 0 aliphatic rings. The van der Waals surface area contributed by atoms with E-state index in [0.717, 1.165) is 12.1 Å². The summed E-state index contributed by atoms with van der Waals surface area (Å²) in [7, 11) is 0. The van der Waals surface area contributed by atoms with Crippen LogP contribution in [-0.2, 0) is 5.88 Å². The van der Waals surface area contributed by atoms with Crippen molar-refractivity contribution in [2.24, 2.45) is 0 Å². The van der Waals surface area contributed by atoms with Gasteiger partial charge in [-0.2, -0.15) is 0 Å². The number of rotatable bonds is 3. The lowest BCUT2D eigenvalue weighted by Crippen LogP contribution is -1.96. The average Bonchev–Trinajstić information content (AvgIpc) is 2.73. The van der Waals surface area contributed by atoms with Gasteiger partial charge in [0.05, 0.1) is 0 Å². The lowest BCUT2D eigenvalue weighted by atomic mass is 10.3. The first-order valence-electron chi connectivity index (χ1n) is 4.40. The van der Waals surface area contributed by atoms with Crippen LogP contribution in [0.1, 0.15) is 5.89 Å². The van der Waals surface area contributed by atoms with Gasteiger partial charge >= 0.3 is 6.01 Å². The molecule has 17 heavy (non-hydrogen) atoms. The fraction of sp³-hybridized carbons (Fsp3) is 0.111. The molecule has 4 nitrogen and oxygen atoms in total. The Bertz CT molecular complexity index is 523. The van der Waals surface area contributed by atoms with Crippen LogP contribution >= 0.6 is 11.6 Å². The number of nitrogens with zero attached hydrogens (tertiary/aromatic N) is 2. The van der Waals surface area contributed by atoms with Crippen molar-refractivity contribution in [2.45, 2.75) is 5.88 Å². The molecule has 0 radical (unpaired) electrons. The highest BCUT2D eigenvalue weighted by Crippen LogP contribution is 2.20. The molecule has 0 amide bonds. The van der Waals surface area contributed by atoms with E-state index < -0.39 is 17.5 Å². The molecule has 0 saturated heterocycles. The average molecular weight is 264 g/mol. The summed E-state index contributed by atoms with van der Waals surface area (Å²) in [5.74, 6) is -4.00. The van der Waals surface area contributed by atoms with Gasteiger partial charge < -0.3 is 9.73 Å². The maximum absolute atomic E-state index is 12.9. The van der Waals surface area contributed by atoms with Crippen molar-refractivity contribution in [2.75, 3.05) is 5.32 Å². The van der Waals surface area contributed by atoms with Gasteiger partial charge in [0.2, 0.25) is 5.89 Å². The second kappa shape index (κ2) is 4.62. The monoisotopic (exact) mass is 263 g/mol. The van der Waals surface area contributed by atoms with Crippen LogP contribution in [0.25, 0.3) is 0 Å². The Morgan fingerprint density at radius 2 is 1.82 bits per heavy atom. The van der Waals surface area contributed by atoms with Crippen molar-refractivity contribution >= 4 is 23.3 Å². The van der Waals surface area contributed by atoms with Crippen molar-refractivity contribution in [1.29, 1.82) is 0 Å². The number of anilines is 2. The highest BCUT2D eigenvalue weighted by molar-refractivity contribution is 6.16. The summed E-state index contributed by atoms with van der Waals surface area (Å²) in [5.41, 5.74) is -0.0498. The van der Waals surface area contributed by atoms with E-state index in [1.54, 1.807) is 0 Å². The van der Waals surface area contributed by atoms with Crippen molar-refractivity contribution < 1.29 is 17.6 Å². The predicted molar refractivity (Wildman–Crippen MR) is 53.5 cm³/mol. The first kappa shape index (κ1) is 11.7. The molecule has 0 bridgehead atoms. The highest BCUT2D eigenvalue weighted by atomic mass is 35.5. The zero-order valence-electron chi connectivity index (χ0n) is 8.18. The van der Waals surface area contributed by atoms with E-state index in [4.69, 9.17) is 16.0 Å². The molecule has 1 aromatic heterocycles. The Hall–Kier alpha value is -1.76. The van der Waals surface area contributed by atoms with Crippen LogP contribution in [0.15, 0.2) is 16.5 Å². The smallest absolute Gasteiger partial charge is 0.320 e. The molecule has 0 fully saturated rings. The van der Waals surface area contributed by atoms with Gasteiger partial charge in [-0.25, -0.2) is 13.2 Å². The quantitative estimate of drug-likeness (QED) is 0.683. The Morgan fingerprint density at radius 3 is 2.35 bits per heavy atom. The Morgan fingerprint density at radius 1 is 1.18 bits per heavy atom. The lowest BCUT2D eigenvalue weighted by molar-refractivity contribution is 0.447. The third kappa shape index (κ3) is 2.50. The number of hydrogen-bond donors (Lipinski definition) is 1. The van der Waals surface area contributed by atoms with Crippen molar-refractivity contribution in [3.8, 4) is 0 Å². The van der Waals surface area contributed by atoms with E-state index in [1.165, 1.54) is 0 Å². The van der Waals surface area contributed by atoms with Gasteiger partial charge in [0.25, 0.3) is 0 Å². The Kier molecular flexibility index (Phi) is 3.19. The van der Waals surface area contributed by atoms with Crippen LogP contribution in [0, 0.1) is 17.5 Å². The minimum absolute atomic E-state index is 0.0147. The molecule has 2 aromatic rings. The second-order valence-corrected chi connectivity index (χ2v) is 3.28.